The van der Waals surface area contributed by atoms with Gasteiger partial charge in [-0.2, -0.15) is 0 Å². The van der Waals surface area contributed by atoms with E-state index in [1.165, 1.54) is 0 Å². The van der Waals surface area contributed by atoms with Crippen molar-refractivity contribution in [2.45, 2.75) is 0 Å². The molecule has 3 heterocycles. The molecular weight excluding hydrogens is 829 g/mol. The third-order valence-corrected chi connectivity index (χ3v) is 13.1. The van der Waals surface area contributed by atoms with Crippen LogP contribution in [0, 0.1) is 0 Å². The summed E-state index contributed by atoms with van der Waals surface area (Å²) < 4.78 is 8.99. The van der Waals surface area contributed by atoms with Crippen molar-refractivity contribution < 1.29 is 4.42 Å². The van der Waals surface area contributed by atoms with Gasteiger partial charge in [-0.05, 0) is 69.8 Å². The molecule has 0 unspecified atom stereocenters. The van der Waals surface area contributed by atoms with Crippen LogP contribution in [0.3, 0.4) is 0 Å². The van der Waals surface area contributed by atoms with E-state index < -0.39 is 0 Å². The number of para-hydroxylation sites is 2. The van der Waals surface area contributed by atoms with Crippen LogP contribution in [0.4, 0.5) is 0 Å². The number of fused-ring (bicyclic) bond motifs is 7. The van der Waals surface area contributed by atoms with E-state index in [9.17, 15) is 0 Å². The average Bonchev–Trinajstić information content (AvgIpc) is 3.97. The Kier molecular flexibility index (Phi) is 9.43. The number of benzene rings is 10. The van der Waals surface area contributed by atoms with Gasteiger partial charge >= 0.3 is 0 Å². The second-order valence-corrected chi connectivity index (χ2v) is 17.1. The van der Waals surface area contributed by atoms with E-state index in [1.807, 2.05) is 42.5 Å². The highest BCUT2D eigenvalue weighted by Gasteiger charge is 2.25. The van der Waals surface area contributed by atoms with Gasteiger partial charge in [0.25, 0.3) is 0 Å². The number of rotatable bonds is 8. The van der Waals surface area contributed by atoms with Crippen LogP contribution < -0.4 is 0 Å². The molecule has 0 saturated carbocycles. The molecule has 5 nitrogen and oxygen atoms in total. The number of furan rings is 1. The topological polar surface area (TPSA) is 56.7 Å². The van der Waals surface area contributed by atoms with Crippen LogP contribution in [0.5, 0.6) is 0 Å². The van der Waals surface area contributed by atoms with Crippen LogP contribution >= 0.6 is 0 Å². The quantitative estimate of drug-likeness (QED) is 0.153. The Morgan fingerprint density at radius 2 is 0.691 bits per heavy atom. The highest BCUT2D eigenvalue weighted by Crippen LogP contribution is 2.47. The zero-order valence-corrected chi connectivity index (χ0v) is 36.8. The molecule has 68 heavy (non-hydrogen) atoms. The predicted octanol–water partition coefficient (Wildman–Crippen LogP) is 16.5. The highest BCUT2D eigenvalue weighted by molar-refractivity contribution is 6.27. The summed E-state index contributed by atoms with van der Waals surface area (Å²) >= 11 is 0. The van der Waals surface area contributed by atoms with Gasteiger partial charge in [-0.15, -0.1) is 0 Å². The van der Waals surface area contributed by atoms with Crippen LogP contribution in [0.25, 0.3) is 128 Å². The van der Waals surface area contributed by atoms with E-state index in [2.05, 4.69) is 205 Å². The Morgan fingerprint density at radius 3 is 1.22 bits per heavy atom. The van der Waals surface area contributed by atoms with Gasteiger partial charge in [0.2, 0.25) is 0 Å². The summed E-state index contributed by atoms with van der Waals surface area (Å²) in [6.45, 7) is 0. The Bertz CT molecular complexity index is 3810. The van der Waals surface area contributed by atoms with Crippen molar-refractivity contribution in [2.24, 2.45) is 0 Å². The Balaban J connectivity index is 1.15. The fourth-order valence-electron chi connectivity index (χ4n) is 9.84. The molecule has 0 fully saturated rings. The molecule has 13 aromatic rings. The van der Waals surface area contributed by atoms with Crippen molar-refractivity contribution in [3.63, 3.8) is 0 Å². The first kappa shape index (κ1) is 39.2. The maximum atomic E-state index is 6.53. The lowest BCUT2D eigenvalue weighted by Gasteiger charge is -2.21. The molecule has 3 aromatic heterocycles. The van der Waals surface area contributed by atoms with Crippen LogP contribution in [-0.4, -0.2) is 19.5 Å². The largest absolute Gasteiger partial charge is 0.456 e. The molecule has 0 saturated heterocycles. The zero-order valence-electron chi connectivity index (χ0n) is 36.8. The fraction of sp³-hybridized carbons (Fsp3) is 0. The van der Waals surface area contributed by atoms with Gasteiger partial charge in [0, 0.05) is 49.4 Å². The average molecular weight is 869 g/mol. The third-order valence-electron chi connectivity index (χ3n) is 13.1. The number of nitrogens with zero attached hydrogens (tertiary/aromatic N) is 4. The van der Waals surface area contributed by atoms with E-state index in [4.69, 9.17) is 19.4 Å². The minimum absolute atomic E-state index is 0.586. The molecule has 0 radical (unpaired) electrons. The van der Waals surface area contributed by atoms with E-state index in [1.54, 1.807) is 0 Å². The van der Waals surface area contributed by atoms with E-state index in [-0.39, 0.29) is 0 Å². The van der Waals surface area contributed by atoms with Gasteiger partial charge < -0.3 is 8.98 Å². The van der Waals surface area contributed by atoms with Crippen LogP contribution in [0.15, 0.2) is 247 Å². The third kappa shape index (κ3) is 6.76. The summed E-state index contributed by atoms with van der Waals surface area (Å²) in [7, 11) is 0. The lowest BCUT2D eigenvalue weighted by Crippen LogP contribution is -2.04. The van der Waals surface area contributed by atoms with Crippen LogP contribution in [-0.2, 0) is 0 Å². The molecule has 0 N–H and O–H groups in total. The predicted molar refractivity (Wildman–Crippen MR) is 279 cm³/mol. The Labute approximate surface area is 392 Å². The van der Waals surface area contributed by atoms with Gasteiger partial charge in [-0.25, -0.2) is 15.0 Å². The fourth-order valence-corrected chi connectivity index (χ4v) is 9.84. The van der Waals surface area contributed by atoms with Crippen LogP contribution in [0.2, 0.25) is 0 Å². The second kappa shape index (κ2) is 16.4. The smallest absolute Gasteiger partial charge is 0.164 e. The van der Waals surface area contributed by atoms with Crippen LogP contribution in [0.1, 0.15) is 0 Å². The number of aromatic nitrogens is 4. The SMILES string of the molecule is c1ccc(-c2ccc(-c3cc(-c4nc(-c5ccccc5)nc(-c5ccccc5)n4)cc(-c4ccc(-c5ccccc5)cc4)c3-n3c4ccccc4c4c5c(ccc43)oc3ccccc35)cc2)cc1. The maximum Gasteiger partial charge on any atom is 0.164 e. The second-order valence-electron chi connectivity index (χ2n) is 17.1. The lowest BCUT2D eigenvalue weighted by molar-refractivity contribution is 0.669. The summed E-state index contributed by atoms with van der Waals surface area (Å²) in [6.07, 6.45) is 0. The van der Waals surface area contributed by atoms with Gasteiger partial charge in [0.1, 0.15) is 11.2 Å². The first-order valence-corrected chi connectivity index (χ1v) is 22.9. The molecule has 0 aliphatic carbocycles. The zero-order chi connectivity index (χ0) is 45.0. The summed E-state index contributed by atoms with van der Waals surface area (Å²) in [5.74, 6) is 1.81. The van der Waals surface area contributed by atoms with E-state index in [0.717, 1.165) is 111 Å². The van der Waals surface area contributed by atoms with Crippen molar-refractivity contribution in [2.75, 3.05) is 0 Å². The van der Waals surface area contributed by atoms with Crippen molar-refractivity contribution in [3.05, 3.63) is 243 Å². The lowest BCUT2D eigenvalue weighted by atomic mass is 9.91. The minimum atomic E-state index is 0.586. The standard InChI is InChI=1S/C63H40N4O/c1-5-17-41(18-6-1)43-29-33-45(34-30-43)52-39-49(63-65-61(47-21-9-3-10-22-47)64-62(66-63)48-23-11-4-12-24-48)40-53(46-35-31-44(32-36-46)42-19-7-2-8-20-42)60(52)67-54-27-15-13-25-50(54)58-55(67)37-38-57-59(58)51-26-14-16-28-56(51)68-57/h1-40H. The first-order valence-electron chi connectivity index (χ1n) is 22.9. The highest BCUT2D eigenvalue weighted by atomic mass is 16.3. The first-order chi connectivity index (χ1) is 33.7. The number of hydrogen-bond acceptors (Lipinski definition) is 4. The van der Waals surface area contributed by atoms with Gasteiger partial charge in [0.05, 0.1) is 16.7 Å². The molecule has 0 spiro atoms. The summed E-state index contributed by atoms with van der Waals surface area (Å²) in [6, 6.07) is 85.4. The Hall–Kier alpha value is -9.19. The monoisotopic (exact) mass is 868 g/mol. The number of hydrogen-bond donors (Lipinski definition) is 0. The molecule has 0 aliphatic rings. The van der Waals surface area contributed by atoms with Crippen molar-refractivity contribution >= 4 is 43.7 Å². The van der Waals surface area contributed by atoms with E-state index in [0.29, 0.717) is 17.5 Å². The maximum absolute atomic E-state index is 6.53. The summed E-state index contributed by atoms with van der Waals surface area (Å²) in [5.41, 5.74) is 16.5. The summed E-state index contributed by atoms with van der Waals surface area (Å²) in [4.78, 5) is 15.6. The molecule has 13 rings (SSSR count). The Morgan fingerprint density at radius 1 is 0.279 bits per heavy atom. The molecule has 10 aromatic carbocycles. The molecule has 0 aliphatic heterocycles. The van der Waals surface area contributed by atoms with Crippen molar-refractivity contribution in [1.82, 2.24) is 19.5 Å². The van der Waals surface area contributed by atoms with E-state index >= 15 is 0 Å². The molecule has 318 valence electrons. The normalized spacial score (nSPS) is 11.5. The molecular formula is C63H40N4O. The molecule has 0 amide bonds. The van der Waals surface area contributed by atoms with Gasteiger partial charge in [-0.1, -0.05) is 206 Å². The van der Waals surface area contributed by atoms with Crippen molar-refractivity contribution in [1.29, 1.82) is 0 Å². The molecule has 5 heteroatoms. The molecule has 0 atom stereocenters. The van der Waals surface area contributed by atoms with Gasteiger partial charge in [0.15, 0.2) is 17.5 Å². The summed E-state index contributed by atoms with van der Waals surface area (Å²) in [5, 5.41) is 4.51. The van der Waals surface area contributed by atoms with Gasteiger partial charge in [-0.3, -0.25) is 0 Å². The van der Waals surface area contributed by atoms with Crippen molar-refractivity contribution in [3.8, 4) is 84.4 Å². The molecule has 0 bridgehead atoms. The minimum Gasteiger partial charge on any atom is -0.456 e.